The van der Waals surface area contributed by atoms with Gasteiger partial charge in [-0.3, -0.25) is 4.79 Å². The lowest BCUT2D eigenvalue weighted by Gasteiger charge is -2.13. The van der Waals surface area contributed by atoms with Crippen LogP contribution in [0.5, 0.6) is 0 Å². The SMILES string of the molecule is CCc1c(C)cccc1CCNC[C@H]1CCC(=O)N1. The molecule has 0 aromatic heterocycles. The third-order valence-electron chi connectivity index (χ3n) is 3.91. The van der Waals surface area contributed by atoms with Crippen molar-refractivity contribution in [2.75, 3.05) is 13.1 Å². The van der Waals surface area contributed by atoms with E-state index in [-0.39, 0.29) is 5.91 Å². The van der Waals surface area contributed by atoms with Gasteiger partial charge in [0.05, 0.1) is 0 Å². The van der Waals surface area contributed by atoms with Crippen molar-refractivity contribution in [3.8, 4) is 0 Å². The molecule has 0 radical (unpaired) electrons. The van der Waals surface area contributed by atoms with Gasteiger partial charge in [0, 0.05) is 19.0 Å². The first-order chi connectivity index (χ1) is 9.20. The van der Waals surface area contributed by atoms with E-state index in [1.165, 1.54) is 16.7 Å². The molecule has 2 rings (SSSR count). The van der Waals surface area contributed by atoms with Gasteiger partial charge in [-0.05, 0) is 49.4 Å². The molecule has 1 aliphatic rings. The molecule has 3 nitrogen and oxygen atoms in total. The summed E-state index contributed by atoms with van der Waals surface area (Å²) in [5, 5.41) is 6.44. The van der Waals surface area contributed by atoms with Gasteiger partial charge in [0.2, 0.25) is 5.91 Å². The zero-order valence-electron chi connectivity index (χ0n) is 12.0. The maximum atomic E-state index is 11.1. The molecule has 0 aliphatic carbocycles. The second-order valence-corrected chi connectivity index (χ2v) is 5.32. The summed E-state index contributed by atoms with van der Waals surface area (Å²) in [4.78, 5) is 11.1. The molecule has 3 heteroatoms. The van der Waals surface area contributed by atoms with Crippen molar-refractivity contribution in [2.45, 2.75) is 45.6 Å². The van der Waals surface area contributed by atoms with Crippen LogP contribution >= 0.6 is 0 Å². The van der Waals surface area contributed by atoms with Crippen LogP contribution in [-0.4, -0.2) is 25.0 Å². The van der Waals surface area contributed by atoms with E-state index in [2.05, 4.69) is 42.7 Å². The Bertz CT molecular complexity index is 442. The quantitative estimate of drug-likeness (QED) is 0.768. The summed E-state index contributed by atoms with van der Waals surface area (Å²) in [7, 11) is 0. The van der Waals surface area contributed by atoms with E-state index < -0.39 is 0 Å². The minimum Gasteiger partial charge on any atom is -0.352 e. The van der Waals surface area contributed by atoms with Crippen LogP contribution in [0.15, 0.2) is 18.2 Å². The number of hydrogen-bond acceptors (Lipinski definition) is 2. The standard InChI is InChI=1S/C16H24N2O/c1-3-15-12(2)5-4-6-13(15)9-10-17-11-14-7-8-16(19)18-14/h4-6,14,17H,3,7-11H2,1-2H3,(H,18,19)/t14-/m1/s1. The molecule has 1 saturated heterocycles. The van der Waals surface area contributed by atoms with E-state index in [4.69, 9.17) is 0 Å². The van der Waals surface area contributed by atoms with Gasteiger partial charge < -0.3 is 10.6 Å². The minimum absolute atomic E-state index is 0.193. The Labute approximate surface area is 115 Å². The molecular weight excluding hydrogens is 236 g/mol. The van der Waals surface area contributed by atoms with E-state index in [0.717, 1.165) is 32.4 Å². The first-order valence-electron chi connectivity index (χ1n) is 7.28. The monoisotopic (exact) mass is 260 g/mol. The van der Waals surface area contributed by atoms with Crippen molar-refractivity contribution in [2.24, 2.45) is 0 Å². The van der Waals surface area contributed by atoms with Gasteiger partial charge in [0.1, 0.15) is 0 Å². The Balaban J connectivity index is 1.76. The van der Waals surface area contributed by atoms with Crippen molar-refractivity contribution in [3.05, 3.63) is 34.9 Å². The third-order valence-corrected chi connectivity index (χ3v) is 3.91. The molecule has 104 valence electrons. The Morgan fingerprint density at radius 3 is 2.95 bits per heavy atom. The summed E-state index contributed by atoms with van der Waals surface area (Å²) in [5.41, 5.74) is 4.33. The van der Waals surface area contributed by atoms with Crippen LogP contribution in [0.2, 0.25) is 0 Å². The third kappa shape index (κ3) is 3.80. The smallest absolute Gasteiger partial charge is 0.220 e. The van der Waals surface area contributed by atoms with Crippen molar-refractivity contribution >= 4 is 5.91 Å². The Morgan fingerprint density at radius 1 is 1.42 bits per heavy atom. The van der Waals surface area contributed by atoms with Crippen LogP contribution in [0, 0.1) is 6.92 Å². The lowest BCUT2D eigenvalue weighted by molar-refractivity contribution is -0.119. The fourth-order valence-corrected chi connectivity index (χ4v) is 2.83. The van der Waals surface area contributed by atoms with Crippen molar-refractivity contribution in [1.82, 2.24) is 10.6 Å². The molecule has 0 unspecified atom stereocenters. The molecule has 1 aliphatic heterocycles. The number of aryl methyl sites for hydroxylation is 1. The van der Waals surface area contributed by atoms with Gasteiger partial charge in [-0.25, -0.2) is 0 Å². The molecule has 1 fully saturated rings. The van der Waals surface area contributed by atoms with E-state index in [9.17, 15) is 4.79 Å². The second-order valence-electron chi connectivity index (χ2n) is 5.32. The van der Waals surface area contributed by atoms with Crippen LogP contribution < -0.4 is 10.6 Å². The summed E-state index contributed by atoms with van der Waals surface area (Å²) >= 11 is 0. The van der Waals surface area contributed by atoms with Crippen molar-refractivity contribution in [1.29, 1.82) is 0 Å². The highest BCUT2D eigenvalue weighted by Crippen LogP contribution is 2.15. The number of rotatable bonds is 6. The molecule has 1 aromatic carbocycles. The van der Waals surface area contributed by atoms with Gasteiger partial charge in [0.25, 0.3) is 0 Å². The lowest BCUT2D eigenvalue weighted by Crippen LogP contribution is -2.36. The van der Waals surface area contributed by atoms with Crippen LogP contribution in [0.1, 0.15) is 36.5 Å². The molecule has 0 saturated carbocycles. The number of carbonyl (C=O) groups excluding carboxylic acids is 1. The molecule has 1 atom stereocenters. The number of carbonyl (C=O) groups is 1. The maximum absolute atomic E-state index is 11.1. The highest BCUT2D eigenvalue weighted by molar-refractivity contribution is 5.78. The largest absolute Gasteiger partial charge is 0.352 e. The number of hydrogen-bond donors (Lipinski definition) is 2. The number of benzene rings is 1. The fraction of sp³-hybridized carbons (Fsp3) is 0.562. The Hall–Kier alpha value is -1.35. The maximum Gasteiger partial charge on any atom is 0.220 e. The first-order valence-corrected chi connectivity index (χ1v) is 7.28. The lowest BCUT2D eigenvalue weighted by atomic mass is 9.97. The average molecular weight is 260 g/mol. The topological polar surface area (TPSA) is 41.1 Å². The predicted octanol–water partition coefficient (Wildman–Crippen LogP) is 1.97. The van der Waals surface area contributed by atoms with E-state index in [1.54, 1.807) is 0 Å². The van der Waals surface area contributed by atoms with Crippen molar-refractivity contribution in [3.63, 3.8) is 0 Å². The van der Waals surface area contributed by atoms with Crippen LogP contribution in [-0.2, 0) is 17.6 Å². The molecule has 1 heterocycles. The molecular formula is C16H24N2O. The zero-order valence-corrected chi connectivity index (χ0v) is 12.0. The summed E-state index contributed by atoms with van der Waals surface area (Å²) in [6, 6.07) is 6.88. The summed E-state index contributed by atoms with van der Waals surface area (Å²) in [6.45, 7) is 6.26. The first kappa shape index (κ1) is 14.1. The molecule has 0 bridgehead atoms. The predicted molar refractivity (Wildman–Crippen MR) is 78.3 cm³/mol. The van der Waals surface area contributed by atoms with Crippen molar-refractivity contribution < 1.29 is 4.79 Å². The summed E-state index contributed by atoms with van der Waals surface area (Å²) < 4.78 is 0. The second kappa shape index (κ2) is 6.71. The van der Waals surface area contributed by atoms with Crippen LogP contribution in [0.4, 0.5) is 0 Å². The number of amides is 1. The molecule has 1 aromatic rings. The number of nitrogens with one attached hydrogen (secondary N) is 2. The Kier molecular flexibility index (Phi) is 4.97. The normalized spacial score (nSPS) is 18.6. The average Bonchev–Trinajstić information content (AvgIpc) is 2.81. The molecule has 1 amide bonds. The van der Waals surface area contributed by atoms with Crippen LogP contribution in [0.25, 0.3) is 0 Å². The summed E-state index contributed by atoms with van der Waals surface area (Å²) in [6.07, 6.45) is 3.81. The minimum atomic E-state index is 0.193. The highest BCUT2D eigenvalue weighted by atomic mass is 16.1. The van der Waals surface area contributed by atoms with Gasteiger partial charge in [0.15, 0.2) is 0 Å². The van der Waals surface area contributed by atoms with Gasteiger partial charge in [-0.15, -0.1) is 0 Å². The van der Waals surface area contributed by atoms with Gasteiger partial charge in [-0.1, -0.05) is 25.1 Å². The van der Waals surface area contributed by atoms with Crippen LogP contribution in [0.3, 0.4) is 0 Å². The van der Waals surface area contributed by atoms with E-state index >= 15 is 0 Å². The molecule has 0 spiro atoms. The zero-order chi connectivity index (χ0) is 13.7. The van der Waals surface area contributed by atoms with Gasteiger partial charge in [-0.2, -0.15) is 0 Å². The highest BCUT2D eigenvalue weighted by Gasteiger charge is 2.19. The van der Waals surface area contributed by atoms with E-state index in [1.807, 2.05) is 0 Å². The molecule has 19 heavy (non-hydrogen) atoms. The van der Waals surface area contributed by atoms with Gasteiger partial charge >= 0.3 is 0 Å². The molecule has 2 N–H and O–H groups in total. The fourth-order valence-electron chi connectivity index (χ4n) is 2.83. The Morgan fingerprint density at radius 2 is 2.26 bits per heavy atom. The van der Waals surface area contributed by atoms with E-state index in [0.29, 0.717) is 12.5 Å². The summed E-state index contributed by atoms with van der Waals surface area (Å²) in [5.74, 6) is 0.193.